The number of aromatic nitrogens is 3. The Balaban J connectivity index is 1.50. The molecule has 1 N–H and O–H groups in total. The molecule has 0 saturated carbocycles. The molecular weight excluding hydrogens is 366 g/mol. The van der Waals surface area contributed by atoms with Gasteiger partial charge in [-0.1, -0.05) is 13.0 Å². The van der Waals surface area contributed by atoms with Gasteiger partial charge in [0.15, 0.2) is 5.82 Å². The number of benzene rings is 1. The fourth-order valence-corrected chi connectivity index (χ4v) is 3.42. The molecule has 1 fully saturated rings. The van der Waals surface area contributed by atoms with Crippen molar-refractivity contribution in [1.82, 2.24) is 19.9 Å². The van der Waals surface area contributed by atoms with Crippen molar-refractivity contribution in [2.24, 2.45) is 0 Å². The molecule has 2 aromatic heterocycles. The zero-order valence-electron chi connectivity index (χ0n) is 16.3. The second-order valence-corrected chi connectivity index (χ2v) is 6.96. The molecule has 29 heavy (non-hydrogen) atoms. The summed E-state index contributed by atoms with van der Waals surface area (Å²) < 4.78 is 0. The van der Waals surface area contributed by atoms with Crippen LogP contribution in [-0.4, -0.2) is 57.0 Å². The number of phenols is 1. The zero-order chi connectivity index (χ0) is 20.2. The first-order chi connectivity index (χ1) is 14.1. The minimum Gasteiger partial charge on any atom is -0.508 e. The first-order valence-corrected chi connectivity index (χ1v) is 9.75. The molecule has 148 valence electrons. The number of piperazine rings is 1. The van der Waals surface area contributed by atoms with Crippen molar-refractivity contribution < 1.29 is 9.90 Å². The molecule has 1 aliphatic heterocycles. The Morgan fingerprint density at radius 3 is 2.48 bits per heavy atom. The van der Waals surface area contributed by atoms with Crippen LogP contribution >= 0.6 is 0 Å². The van der Waals surface area contributed by atoms with Gasteiger partial charge in [-0.2, -0.15) is 0 Å². The number of hydrogen-bond acceptors (Lipinski definition) is 6. The molecule has 3 heterocycles. The third-order valence-electron chi connectivity index (χ3n) is 5.05. The normalized spacial score (nSPS) is 14.1. The number of phenolic OH excluding ortho intramolecular Hbond substituents is 1. The van der Waals surface area contributed by atoms with E-state index in [1.807, 2.05) is 23.1 Å². The Kier molecular flexibility index (Phi) is 5.37. The SMILES string of the molecule is CCc1cc(N2CCN(C(=O)c3cccc(O)c3)CC2)nc(-c2ccncc2)n1. The Hall–Kier alpha value is -3.48. The fourth-order valence-electron chi connectivity index (χ4n) is 3.42. The number of hydrogen-bond donors (Lipinski definition) is 1. The zero-order valence-corrected chi connectivity index (χ0v) is 16.3. The van der Waals surface area contributed by atoms with E-state index in [2.05, 4.69) is 21.8 Å². The standard InChI is InChI=1S/C22H23N5O2/c1-2-18-15-20(25-21(24-18)16-6-8-23-9-7-16)26-10-12-27(13-11-26)22(29)17-4-3-5-19(28)14-17/h3-9,14-15,28H,2,10-13H2,1H3. The van der Waals surface area contributed by atoms with Crippen LogP contribution in [0.1, 0.15) is 23.0 Å². The lowest BCUT2D eigenvalue weighted by Gasteiger charge is -2.35. The monoisotopic (exact) mass is 389 g/mol. The lowest BCUT2D eigenvalue weighted by atomic mass is 10.1. The van der Waals surface area contributed by atoms with E-state index in [1.54, 1.807) is 30.6 Å². The predicted molar refractivity (Wildman–Crippen MR) is 111 cm³/mol. The van der Waals surface area contributed by atoms with Crippen LogP contribution in [0.5, 0.6) is 5.75 Å². The minimum atomic E-state index is -0.0602. The highest BCUT2D eigenvalue weighted by Crippen LogP contribution is 2.22. The van der Waals surface area contributed by atoms with Crippen LogP contribution in [0.4, 0.5) is 5.82 Å². The van der Waals surface area contributed by atoms with Crippen molar-refractivity contribution in [2.45, 2.75) is 13.3 Å². The number of carbonyl (C=O) groups excluding carboxylic acids is 1. The van der Waals surface area contributed by atoms with Gasteiger partial charge < -0.3 is 14.9 Å². The summed E-state index contributed by atoms with van der Waals surface area (Å²) in [5.74, 6) is 1.62. The van der Waals surface area contributed by atoms with Crippen LogP contribution in [0.25, 0.3) is 11.4 Å². The highest BCUT2D eigenvalue weighted by Gasteiger charge is 2.23. The average molecular weight is 389 g/mol. The molecule has 1 amide bonds. The Labute approximate surface area is 169 Å². The van der Waals surface area contributed by atoms with E-state index in [1.165, 1.54) is 6.07 Å². The summed E-state index contributed by atoms with van der Waals surface area (Å²) >= 11 is 0. The van der Waals surface area contributed by atoms with Crippen LogP contribution in [0, 0.1) is 0 Å². The van der Waals surface area contributed by atoms with E-state index in [-0.39, 0.29) is 11.7 Å². The smallest absolute Gasteiger partial charge is 0.254 e. The largest absolute Gasteiger partial charge is 0.508 e. The molecule has 0 aliphatic carbocycles. The number of nitrogens with zero attached hydrogens (tertiary/aromatic N) is 5. The van der Waals surface area contributed by atoms with E-state index < -0.39 is 0 Å². The maximum atomic E-state index is 12.7. The van der Waals surface area contributed by atoms with E-state index in [0.717, 1.165) is 23.5 Å². The van der Waals surface area contributed by atoms with Crippen LogP contribution in [0.3, 0.4) is 0 Å². The van der Waals surface area contributed by atoms with Crippen molar-refractivity contribution in [2.75, 3.05) is 31.1 Å². The minimum absolute atomic E-state index is 0.0602. The molecule has 3 aromatic rings. The molecule has 7 nitrogen and oxygen atoms in total. The van der Waals surface area contributed by atoms with Gasteiger partial charge in [-0.3, -0.25) is 9.78 Å². The molecule has 4 rings (SSSR count). The van der Waals surface area contributed by atoms with Gasteiger partial charge in [0.25, 0.3) is 5.91 Å². The fraction of sp³-hybridized carbons (Fsp3) is 0.273. The van der Waals surface area contributed by atoms with Crippen molar-refractivity contribution >= 4 is 11.7 Å². The highest BCUT2D eigenvalue weighted by molar-refractivity contribution is 5.94. The molecule has 0 atom stereocenters. The predicted octanol–water partition coefficient (Wildman–Crippen LogP) is 2.77. The van der Waals surface area contributed by atoms with Crippen LogP contribution < -0.4 is 4.90 Å². The van der Waals surface area contributed by atoms with E-state index in [9.17, 15) is 9.90 Å². The number of aromatic hydroxyl groups is 1. The molecule has 0 bridgehead atoms. The Morgan fingerprint density at radius 1 is 1.03 bits per heavy atom. The summed E-state index contributed by atoms with van der Waals surface area (Å²) in [4.78, 5) is 30.2. The molecule has 7 heteroatoms. The van der Waals surface area contributed by atoms with Gasteiger partial charge >= 0.3 is 0 Å². The number of carbonyl (C=O) groups is 1. The van der Waals surface area contributed by atoms with Gasteiger partial charge in [0, 0.05) is 61.5 Å². The number of aryl methyl sites for hydroxylation is 1. The van der Waals surface area contributed by atoms with Gasteiger partial charge in [-0.15, -0.1) is 0 Å². The summed E-state index contributed by atoms with van der Waals surface area (Å²) in [6.07, 6.45) is 4.30. The van der Waals surface area contributed by atoms with E-state index in [4.69, 9.17) is 4.98 Å². The van der Waals surface area contributed by atoms with Gasteiger partial charge in [-0.05, 0) is 36.8 Å². The topological polar surface area (TPSA) is 82.5 Å². The summed E-state index contributed by atoms with van der Waals surface area (Å²) in [7, 11) is 0. The Morgan fingerprint density at radius 2 is 1.79 bits per heavy atom. The lowest BCUT2D eigenvalue weighted by Crippen LogP contribution is -2.49. The van der Waals surface area contributed by atoms with Crippen molar-refractivity contribution in [1.29, 1.82) is 0 Å². The van der Waals surface area contributed by atoms with Crippen LogP contribution in [-0.2, 0) is 6.42 Å². The summed E-state index contributed by atoms with van der Waals surface area (Å²) in [5, 5.41) is 9.62. The third kappa shape index (κ3) is 4.18. The van der Waals surface area contributed by atoms with E-state index in [0.29, 0.717) is 37.6 Å². The van der Waals surface area contributed by atoms with Gasteiger partial charge in [-0.25, -0.2) is 9.97 Å². The van der Waals surface area contributed by atoms with Gasteiger partial charge in [0.2, 0.25) is 0 Å². The number of rotatable bonds is 4. The highest BCUT2D eigenvalue weighted by atomic mass is 16.3. The molecule has 1 aliphatic rings. The van der Waals surface area contributed by atoms with Gasteiger partial charge in [0.05, 0.1) is 0 Å². The number of pyridine rings is 1. The lowest BCUT2D eigenvalue weighted by molar-refractivity contribution is 0.0746. The molecule has 0 unspecified atom stereocenters. The van der Waals surface area contributed by atoms with Crippen LogP contribution in [0.15, 0.2) is 54.9 Å². The van der Waals surface area contributed by atoms with Crippen molar-refractivity contribution in [3.63, 3.8) is 0 Å². The summed E-state index contributed by atoms with van der Waals surface area (Å²) in [6.45, 7) is 4.67. The first kappa shape index (κ1) is 18.9. The molecule has 1 saturated heterocycles. The third-order valence-corrected chi connectivity index (χ3v) is 5.05. The maximum Gasteiger partial charge on any atom is 0.254 e. The Bertz CT molecular complexity index is 1000. The summed E-state index contributed by atoms with van der Waals surface area (Å²) in [6, 6.07) is 12.3. The second kappa shape index (κ2) is 8.26. The molecule has 1 aromatic carbocycles. The summed E-state index contributed by atoms with van der Waals surface area (Å²) in [5.41, 5.74) is 2.43. The molecule has 0 spiro atoms. The second-order valence-electron chi connectivity index (χ2n) is 6.96. The quantitative estimate of drug-likeness (QED) is 0.739. The van der Waals surface area contributed by atoms with Crippen LogP contribution in [0.2, 0.25) is 0 Å². The maximum absolute atomic E-state index is 12.7. The van der Waals surface area contributed by atoms with E-state index >= 15 is 0 Å². The van der Waals surface area contributed by atoms with Crippen molar-refractivity contribution in [3.05, 3.63) is 66.1 Å². The average Bonchev–Trinajstić information content (AvgIpc) is 2.79. The van der Waals surface area contributed by atoms with Gasteiger partial charge in [0.1, 0.15) is 11.6 Å². The molecule has 0 radical (unpaired) electrons. The first-order valence-electron chi connectivity index (χ1n) is 9.75. The number of amides is 1. The number of anilines is 1. The molecular formula is C22H23N5O2. The van der Waals surface area contributed by atoms with Crippen molar-refractivity contribution in [3.8, 4) is 17.1 Å².